The number of carbonyl (C=O) groups is 1. The summed E-state index contributed by atoms with van der Waals surface area (Å²) in [6.45, 7) is 4.99. The molecule has 23 heavy (non-hydrogen) atoms. The molecule has 0 radical (unpaired) electrons. The average Bonchev–Trinajstić information content (AvgIpc) is 2.58. The summed E-state index contributed by atoms with van der Waals surface area (Å²) in [5.41, 5.74) is 3.15. The van der Waals surface area contributed by atoms with E-state index in [9.17, 15) is 4.79 Å². The second-order valence-electron chi connectivity index (χ2n) is 5.99. The highest BCUT2D eigenvalue weighted by Crippen LogP contribution is 2.15. The Morgan fingerprint density at radius 3 is 2.30 bits per heavy atom. The summed E-state index contributed by atoms with van der Waals surface area (Å²) in [6.07, 6.45) is 4.82. The fourth-order valence-electron chi connectivity index (χ4n) is 2.44. The van der Waals surface area contributed by atoms with Crippen LogP contribution in [0, 0.1) is 6.92 Å². The molecule has 2 aromatic carbocycles. The van der Waals surface area contributed by atoms with Crippen LogP contribution in [0.15, 0.2) is 48.5 Å². The maximum absolute atomic E-state index is 12.2. The Labute approximate surface area is 139 Å². The van der Waals surface area contributed by atoms with Gasteiger partial charge in [-0.25, -0.2) is 0 Å². The van der Waals surface area contributed by atoms with Gasteiger partial charge < -0.3 is 4.74 Å². The molecule has 2 heteroatoms. The molecule has 2 rings (SSSR count). The van der Waals surface area contributed by atoms with Gasteiger partial charge in [0, 0.05) is 12.0 Å². The van der Waals surface area contributed by atoms with E-state index >= 15 is 0 Å². The van der Waals surface area contributed by atoms with E-state index in [1.54, 1.807) is 0 Å². The molecular formula is C21H26O2. The van der Waals surface area contributed by atoms with Gasteiger partial charge in [0.15, 0.2) is 5.78 Å². The monoisotopic (exact) mass is 310 g/mol. The van der Waals surface area contributed by atoms with E-state index in [4.69, 9.17) is 4.74 Å². The molecule has 0 amide bonds. The molecule has 0 aliphatic heterocycles. The molecule has 0 unspecified atom stereocenters. The molecule has 0 saturated carbocycles. The summed E-state index contributed by atoms with van der Waals surface area (Å²) in [6, 6.07) is 15.9. The van der Waals surface area contributed by atoms with Crippen LogP contribution in [0.4, 0.5) is 0 Å². The number of unbranched alkanes of at least 4 members (excludes halogenated alkanes) is 2. The Kier molecular flexibility index (Phi) is 6.86. The Balaban J connectivity index is 1.79. The third-order valence-corrected chi connectivity index (χ3v) is 3.95. The number of hydrogen-bond donors (Lipinski definition) is 0. The first kappa shape index (κ1) is 17.3. The van der Waals surface area contributed by atoms with E-state index in [0.717, 1.165) is 30.8 Å². The van der Waals surface area contributed by atoms with Crippen LogP contribution in [0.1, 0.15) is 54.1 Å². The number of ketones is 1. The normalized spacial score (nSPS) is 10.5. The van der Waals surface area contributed by atoms with Crippen molar-refractivity contribution in [3.63, 3.8) is 0 Å². The topological polar surface area (TPSA) is 26.3 Å². The van der Waals surface area contributed by atoms with E-state index in [1.165, 1.54) is 24.0 Å². The Bertz CT molecular complexity index is 597. The SMILES string of the molecule is CCCCCOc1ccc(CCC(=O)c2ccc(C)cc2)cc1. The van der Waals surface area contributed by atoms with Crippen molar-refractivity contribution in [2.75, 3.05) is 6.61 Å². The molecule has 2 nitrogen and oxygen atoms in total. The van der Waals surface area contributed by atoms with Gasteiger partial charge in [0.2, 0.25) is 0 Å². The molecule has 0 heterocycles. The molecule has 0 aliphatic rings. The zero-order valence-corrected chi connectivity index (χ0v) is 14.2. The second kappa shape index (κ2) is 9.14. The molecule has 0 fully saturated rings. The fourth-order valence-corrected chi connectivity index (χ4v) is 2.44. The number of benzene rings is 2. The average molecular weight is 310 g/mol. The van der Waals surface area contributed by atoms with Gasteiger partial charge in [-0.15, -0.1) is 0 Å². The minimum absolute atomic E-state index is 0.199. The van der Waals surface area contributed by atoms with Gasteiger partial charge >= 0.3 is 0 Å². The molecule has 122 valence electrons. The highest BCUT2D eigenvalue weighted by atomic mass is 16.5. The molecule has 0 aromatic heterocycles. The highest BCUT2D eigenvalue weighted by molar-refractivity contribution is 5.96. The van der Waals surface area contributed by atoms with E-state index in [1.807, 2.05) is 43.3 Å². The summed E-state index contributed by atoms with van der Waals surface area (Å²) in [5.74, 6) is 1.11. The minimum atomic E-state index is 0.199. The van der Waals surface area contributed by atoms with Crippen molar-refractivity contribution in [3.05, 3.63) is 65.2 Å². The smallest absolute Gasteiger partial charge is 0.163 e. The van der Waals surface area contributed by atoms with Crippen LogP contribution in [0.2, 0.25) is 0 Å². The third kappa shape index (κ3) is 5.90. The van der Waals surface area contributed by atoms with Gasteiger partial charge in [-0.05, 0) is 37.5 Å². The van der Waals surface area contributed by atoms with E-state index in [2.05, 4.69) is 19.1 Å². The second-order valence-corrected chi connectivity index (χ2v) is 5.99. The van der Waals surface area contributed by atoms with Gasteiger partial charge in [-0.1, -0.05) is 61.7 Å². The van der Waals surface area contributed by atoms with E-state index in [-0.39, 0.29) is 5.78 Å². The summed E-state index contributed by atoms with van der Waals surface area (Å²) < 4.78 is 5.70. The number of carbonyl (C=O) groups excluding carboxylic acids is 1. The fraction of sp³-hybridized carbons (Fsp3) is 0.381. The van der Waals surface area contributed by atoms with E-state index < -0.39 is 0 Å². The van der Waals surface area contributed by atoms with Crippen LogP contribution in [-0.2, 0) is 6.42 Å². The molecule has 0 aliphatic carbocycles. The predicted molar refractivity (Wildman–Crippen MR) is 95.3 cm³/mol. The first-order valence-corrected chi connectivity index (χ1v) is 8.50. The van der Waals surface area contributed by atoms with Gasteiger partial charge in [0.05, 0.1) is 6.61 Å². The van der Waals surface area contributed by atoms with Crippen LogP contribution >= 0.6 is 0 Å². The molecule has 0 N–H and O–H groups in total. The van der Waals surface area contributed by atoms with Gasteiger partial charge in [0.25, 0.3) is 0 Å². The molecule has 0 atom stereocenters. The largest absolute Gasteiger partial charge is 0.494 e. The number of aryl methyl sites for hydroxylation is 2. The van der Waals surface area contributed by atoms with Gasteiger partial charge in [-0.3, -0.25) is 4.79 Å². The standard InChI is InChI=1S/C21H26O2/c1-3-4-5-16-23-20-13-8-18(9-14-20)10-15-21(22)19-11-6-17(2)7-12-19/h6-9,11-14H,3-5,10,15-16H2,1-2H3. The summed E-state index contributed by atoms with van der Waals surface area (Å²) >= 11 is 0. The maximum atomic E-state index is 12.2. The quantitative estimate of drug-likeness (QED) is 0.459. The van der Waals surface area contributed by atoms with Crippen molar-refractivity contribution in [1.29, 1.82) is 0 Å². The van der Waals surface area contributed by atoms with Gasteiger partial charge in [-0.2, -0.15) is 0 Å². The number of ether oxygens (including phenoxy) is 1. The maximum Gasteiger partial charge on any atom is 0.163 e. The summed E-state index contributed by atoms with van der Waals surface area (Å²) in [4.78, 5) is 12.2. The first-order valence-electron chi connectivity index (χ1n) is 8.50. The van der Waals surface area contributed by atoms with Crippen molar-refractivity contribution < 1.29 is 9.53 Å². The van der Waals surface area contributed by atoms with Crippen molar-refractivity contribution in [3.8, 4) is 5.75 Å². The first-order chi connectivity index (χ1) is 11.2. The van der Waals surface area contributed by atoms with Crippen LogP contribution in [0.5, 0.6) is 5.75 Å². The Morgan fingerprint density at radius 2 is 1.65 bits per heavy atom. The highest BCUT2D eigenvalue weighted by Gasteiger charge is 2.06. The third-order valence-electron chi connectivity index (χ3n) is 3.95. The van der Waals surface area contributed by atoms with Crippen LogP contribution in [-0.4, -0.2) is 12.4 Å². The lowest BCUT2D eigenvalue weighted by Crippen LogP contribution is -2.01. The molecule has 0 spiro atoms. The lowest BCUT2D eigenvalue weighted by Gasteiger charge is -2.07. The molecule has 0 saturated heterocycles. The summed E-state index contributed by atoms with van der Waals surface area (Å²) in [7, 11) is 0. The van der Waals surface area contributed by atoms with Crippen molar-refractivity contribution in [2.24, 2.45) is 0 Å². The minimum Gasteiger partial charge on any atom is -0.494 e. The lowest BCUT2D eigenvalue weighted by molar-refractivity contribution is 0.0983. The van der Waals surface area contributed by atoms with Crippen LogP contribution in [0.25, 0.3) is 0 Å². The number of Topliss-reactive ketones (excluding diaryl/α,β-unsaturated/α-hetero) is 1. The van der Waals surface area contributed by atoms with Crippen molar-refractivity contribution in [1.82, 2.24) is 0 Å². The molecular weight excluding hydrogens is 284 g/mol. The lowest BCUT2D eigenvalue weighted by atomic mass is 10.0. The van der Waals surface area contributed by atoms with Crippen molar-refractivity contribution in [2.45, 2.75) is 46.0 Å². The molecule has 0 bridgehead atoms. The van der Waals surface area contributed by atoms with Crippen LogP contribution < -0.4 is 4.74 Å². The predicted octanol–water partition coefficient (Wildman–Crippen LogP) is 5.38. The zero-order valence-electron chi connectivity index (χ0n) is 14.2. The zero-order chi connectivity index (χ0) is 16.5. The van der Waals surface area contributed by atoms with Crippen LogP contribution in [0.3, 0.4) is 0 Å². The Hall–Kier alpha value is -2.09. The van der Waals surface area contributed by atoms with E-state index in [0.29, 0.717) is 6.42 Å². The number of hydrogen-bond acceptors (Lipinski definition) is 2. The molecule has 2 aromatic rings. The van der Waals surface area contributed by atoms with Gasteiger partial charge in [0.1, 0.15) is 5.75 Å². The summed E-state index contributed by atoms with van der Waals surface area (Å²) in [5, 5.41) is 0. The Morgan fingerprint density at radius 1 is 0.957 bits per heavy atom. The number of rotatable bonds is 9. The van der Waals surface area contributed by atoms with Crippen molar-refractivity contribution >= 4 is 5.78 Å².